The first-order valence-electron chi connectivity index (χ1n) is 8.53. The molecule has 150 valence electrons. The first-order valence-corrected chi connectivity index (χ1v) is 9.94. The van der Waals surface area contributed by atoms with Gasteiger partial charge in [0.1, 0.15) is 28.2 Å². The molecule has 2 atom stereocenters. The molecule has 1 saturated heterocycles. The van der Waals surface area contributed by atoms with Gasteiger partial charge in [-0.3, -0.25) is 0 Å². The van der Waals surface area contributed by atoms with Gasteiger partial charge in [-0.15, -0.1) is 13.2 Å². The fourth-order valence-electron chi connectivity index (χ4n) is 3.43. The fourth-order valence-corrected chi connectivity index (χ4v) is 4.35. The predicted octanol–water partition coefficient (Wildman–Crippen LogP) is 3.19. The van der Waals surface area contributed by atoms with Gasteiger partial charge in [-0.2, -0.15) is 8.42 Å². The summed E-state index contributed by atoms with van der Waals surface area (Å²) in [4.78, 5) is -0.279. The second-order valence-electron chi connectivity index (χ2n) is 6.51. The van der Waals surface area contributed by atoms with Crippen LogP contribution in [0.5, 0.6) is 17.2 Å². The minimum Gasteiger partial charge on any atom is -0.488 e. The zero-order chi connectivity index (χ0) is 19.9. The Morgan fingerprint density at radius 3 is 2.50 bits per heavy atom. The zero-order valence-electron chi connectivity index (χ0n) is 14.4. The lowest BCUT2D eigenvalue weighted by Gasteiger charge is -2.24. The predicted molar refractivity (Wildman–Crippen MR) is 92.0 cm³/mol. The van der Waals surface area contributed by atoms with Crippen LogP contribution in [-0.2, 0) is 10.1 Å². The van der Waals surface area contributed by atoms with Gasteiger partial charge in [0.2, 0.25) is 0 Å². The third-order valence-electron chi connectivity index (χ3n) is 4.64. The molecule has 0 radical (unpaired) electrons. The highest BCUT2D eigenvalue weighted by molar-refractivity contribution is 7.87. The number of hydrogen-bond acceptors (Lipinski definition) is 6. The van der Waals surface area contributed by atoms with Crippen LogP contribution in [0.15, 0.2) is 47.4 Å². The molecule has 2 aromatic rings. The van der Waals surface area contributed by atoms with Crippen molar-refractivity contribution >= 4 is 10.1 Å². The molecule has 2 heterocycles. The molecular weight excluding hydrogens is 399 g/mol. The molecule has 0 spiro atoms. The Balaban J connectivity index is 1.53. The van der Waals surface area contributed by atoms with E-state index in [2.05, 4.69) is 10.1 Å². The molecule has 0 aromatic heterocycles. The van der Waals surface area contributed by atoms with Crippen molar-refractivity contribution in [2.45, 2.75) is 29.7 Å². The van der Waals surface area contributed by atoms with Crippen molar-refractivity contribution in [2.24, 2.45) is 0 Å². The van der Waals surface area contributed by atoms with E-state index in [0.29, 0.717) is 5.75 Å². The van der Waals surface area contributed by atoms with Gasteiger partial charge in [-0.05, 0) is 55.4 Å². The maximum Gasteiger partial charge on any atom is 0.573 e. The number of nitrogens with one attached hydrogen (secondary N) is 1. The van der Waals surface area contributed by atoms with E-state index in [0.717, 1.165) is 49.3 Å². The van der Waals surface area contributed by atoms with Crippen molar-refractivity contribution in [1.29, 1.82) is 0 Å². The van der Waals surface area contributed by atoms with E-state index < -0.39 is 22.2 Å². The highest BCUT2D eigenvalue weighted by Crippen LogP contribution is 2.43. The Kier molecular flexibility index (Phi) is 4.62. The van der Waals surface area contributed by atoms with Crippen LogP contribution in [0.3, 0.4) is 0 Å². The molecule has 1 N–H and O–H groups in total. The number of benzene rings is 2. The molecule has 0 amide bonds. The van der Waals surface area contributed by atoms with Crippen LogP contribution in [0.25, 0.3) is 0 Å². The van der Waals surface area contributed by atoms with E-state index in [1.165, 1.54) is 6.07 Å². The standard InChI is InChI=1S/C18H16F3NO5S/c19-18(20,21)26-11-1-4-13(5-2-11)28(23,24)27-12-3-6-16-15(9-12)14-7-8-22-10-17(14)25-16/h1-6,9,14,17,22H,7-8,10H2. The number of hydrogen-bond donors (Lipinski definition) is 1. The normalized spacial score (nSPS) is 21.4. The Morgan fingerprint density at radius 1 is 1.07 bits per heavy atom. The molecule has 2 aliphatic heterocycles. The van der Waals surface area contributed by atoms with Crippen LogP contribution in [0.2, 0.25) is 0 Å². The summed E-state index contributed by atoms with van der Waals surface area (Å²) in [6.07, 6.45) is -3.97. The molecule has 2 aromatic carbocycles. The number of alkyl halides is 3. The van der Waals surface area contributed by atoms with Gasteiger partial charge in [0.25, 0.3) is 0 Å². The van der Waals surface area contributed by atoms with Crippen molar-refractivity contribution in [1.82, 2.24) is 5.32 Å². The average molecular weight is 415 g/mol. The lowest BCUT2D eigenvalue weighted by atomic mass is 9.90. The maximum absolute atomic E-state index is 12.5. The average Bonchev–Trinajstić information content (AvgIpc) is 2.98. The summed E-state index contributed by atoms with van der Waals surface area (Å²) in [5.41, 5.74) is 0.896. The Hall–Kier alpha value is -2.46. The van der Waals surface area contributed by atoms with E-state index in [9.17, 15) is 21.6 Å². The number of ether oxygens (including phenoxy) is 2. The largest absolute Gasteiger partial charge is 0.573 e. The van der Waals surface area contributed by atoms with E-state index in [-0.39, 0.29) is 22.7 Å². The first-order chi connectivity index (χ1) is 13.2. The second-order valence-corrected chi connectivity index (χ2v) is 8.06. The maximum atomic E-state index is 12.5. The number of piperidine rings is 1. The molecule has 4 rings (SSSR count). The summed E-state index contributed by atoms with van der Waals surface area (Å²) in [5.74, 6) is 0.480. The molecule has 0 aliphatic carbocycles. The molecule has 2 aliphatic rings. The van der Waals surface area contributed by atoms with Gasteiger partial charge in [-0.25, -0.2) is 0 Å². The van der Waals surface area contributed by atoms with Crippen LogP contribution < -0.4 is 19.0 Å². The van der Waals surface area contributed by atoms with Gasteiger partial charge >= 0.3 is 16.5 Å². The van der Waals surface area contributed by atoms with Crippen LogP contribution in [-0.4, -0.2) is 34.0 Å². The SMILES string of the molecule is O=S(=O)(Oc1ccc2c(c1)C1CCNCC1O2)c1ccc(OC(F)(F)F)cc1. The lowest BCUT2D eigenvalue weighted by molar-refractivity contribution is -0.274. The van der Waals surface area contributed by atoms with E-state index in [4.69, 9.17) is 8.92 Å². The van der Waals surface area contributed by atoms with Gasteiger partial charge in [0.15, 0.2) is 0 Å². The van der Waals surface area contributed by atoms with Crippen molar-refractivity contribution < 1.29 is 35.2 Å². The number of fused-ring (bicyclic) bond motifs is 3. The van der Waals surface area contributed by atoms with Gasteiger partial charge in [0, 0.05) is 18.0 Å². The Bertz CT molecular complexity index is 976. The Morgan fingerprint density at radius 2 is 1.79 bits per heavy atom. The second kappa shape index (κ2) is 6.85. The summed E-state index contributed by atoms with van der Waals surface area (Å²) >= 11 is 0. The topological polar surface area (TPSA) is 73.9 Å². The Labute approximate surface area is 159 Å². The molecule has 0 bridgehead atoms. The fraction of sp³-hybridized carbons (Fsp3) is 0.333. The van der Waals surface area contributed by atoms with E-state index in [1.807, 2.05) is 0 Å². The summed E-state index contributed by atoms with van der Waals surface area (Å²) in [6.45, 7) is 1.57. The summed E-state index contributed by atoms with van der Waals surface area (Å²) in [6, 6.07) is 8.62. The molecule has 0 saturated carbocycles. The molecule has 1 fully saturated rings. The highest BCUT2D eigenvalue weighted by Gasteiger charge is 2.36. The zero-order valence-corrected chi connectivity index (χ0v) is 15.2. The smallest absolute Gasteiger partial charge is 0.488 e. The van der Waals surface area contributed by atoms with Gasteiger partial charge in [-0.1, -0.05) is 0 Å². The van der Waals surface area contributed by atoms with Crippen molar-refractivity contribution in [3.05, 3.63) is 48.0 Å². The third kappa shape index (κ3) is 3.88. The van der Waals surface area contributed by atoms with Crippen molar-refractivity contribution in [2.75, 3.05) is 13.1 Å². The van der Waals surface area contributed by atoms with Crippen LogP contribution in [0, 0.1) is 0 Å². The lowest BCUT2D eigenvalue weighted by Crippen LogP contribution is -2.39. The van der Waals surface area contributed by atoms with Crippen LogP contribution >= 0.6 is 0 Å². The monoisotopic (exact) mass is 415 g/mol. The summed E-state index contributed by atoms with van der Waals surface area (Å²) < 4.78 is 76.3. The molecule has 10 heteroatoms. The van der Waals surface area contributed by atoms with E-state index in [1.54, 1.807) is 12.1 Å². The molecule has 2 unspecified atom stereocenters. The first kappa shape index (κ1) is 18.9. The van der Waals surface area contributed by atoms with Crippen molar-refractivity contribution in [3.8, 4) is 17.2 Å². The minimum absolute atomic E-state index is 0.0109. The van der Waals surface area contributed by atoms with Gasteiger partial charge < -0.3 is 19.0 Å². The van der Waals surface area contributed by atoms with E-state index >= 15 is 0 Å². The molecule has 28 heavy (non-hydrogen) atoms. The minimum atomic E-state index is -4.85. The van der Waals surface area contributed by atoms with Gasteiger partial charge in [0.05, 0.1) is 0 Å². The summed E-state index contributed by atoms with van der Waals surface area (Å²) in [7, 11) is -4.21. The molecular formula is C18H16F3NO5S. The van der Waals surface area contributed by atoms with Crippen LogP contribution in [0.4, 0.5) is 13.2 Å². The van der Waals surface area contributed by atoms with Crippen LogP contribution in [0.1, 0.15) is 17.9 Å². The van der Waals surface area contributed by atoms with Crippen molar-refractivity contribution in [3.63, 3.8) is 0 Å². The third-order valence-corrected chi connectivity index (χ3v) is 5.90. The highest BCUT2D eigenvalue weighted by atomic mass is 32.2. The molecule has 6 nitrogen and oxygen atoms in total. The number of halogens is 3. The number of rotatable bonds is 4. The quantitative estimate of drug-likeness (QED) is 0.774. The summed E-state index contributed by atoms with van der Waals surface area (Å²) in [5, 5.41) is 3.25.